The molecule has 0 aliphatic heterocycles. The van der Waals surface area contributed by atoms with Gasteiger partial charge in [0.1, 0.15) is 0 Å². The van der Waals surface area contributed by atoms with Gasteiger partial charge in [-0.15, -0.1) is 0 Å². The maximum atomic E-state index is 11.8. The standard InChI is InChI=1S/C17H22N4O2/c1-3-15(22)9-11-19-17(23)21-14-6-4-13(5-7-14)16-18-10-8-12(2)20-16/h4-8,10,15,22H,3,9,11H2,1-2H3,(H2,19,21,23). The molecule has 1 aromatic heterocycles. The van der Waals surface area contributed by atoms with Crippen LogP contribution in [-0.2, 0) is 0 Å². The summed E-state index contributed by atoms with van der Waals surface area (Å²) < 4.78 is 0. The van der Waals surface area contributed by atoms with E-state index >= 15 is 0 Å². The monoisotopic (exact) mass is 314 g/mol. The number of benzene rings is 1. The lowest BCUT2D eigenvalue weighted by atomic mass is 10.2. The quantitative estimate of drug-likeness (QED) is 0.765. The Bertz CT molecular complexity index is 643. The Morgan fingerprint density at radius 3 is 2.65 bits per heavy atom. The second-order valence-electron chi connectivity index (χ2n) is 5.33. The predicted octanol–water partition coefficient (Wildman–Crippen LogP) is 2.73. The fourth-order valence-corrected chi connectivity index (χ4v) is 2.02. The molecule has 0 saturated carbocycles. The van der Waals surface area contributed by atoms with Crippen molar-refractivity contribution in [1.29, 1.82) is 0 Å². The van der Waals surface area contributed by atoms with Gasteiger partial charge in [-0.1, -0.05) is 6.92 Å². The fourth-order valence-electron chi connectivity index (χ4n) is 2.02. The Hall–Kier alpha value is -2.47. The summed E-state index contributed by atoms with van der Waals surface area (Å²) in [5.74, 6) is 0.662. The number of aromatic nitrogens is 2. The first kappa shape index (κ1) is 16.9. The summed E-state index contributed by atoms with van der Waals surface area (Å²) in [7, 11) is 0. The average Bonchev–Trinajstić information content (AvgIpc) is 2.55. The molecule has 1 unspecified atom stereocenters. The van der Waals surface area contributed by atoms with E-state index < -0.39 is 0 Å². The molecule has 23 heavy (non-hydrogen) atoms. The lowest BCUT2D eigenvalue weighted by molar-refractivity contribution is 0.160. The van der Waals surface area contributed by atoms with Gasteiger partial charge in [0.25, 0.3) is 0 Å². The molecule has 6 heteroatoms. The first-order chi connectivity index (χ1) is 11.1. The number of aliphatic hydroxyl groups is 1. The van der Waals surface area contributed by atoms with Gasteiger partial charge in [0.2, 0.25) is 0 Å². The van der Waals surface area contributed by atoms with Crippen LogP contribution >= 0.6 is 0 Å². The van der Waals surface area contributed by atoms with Gasteiger partial charge < -0.3 is 15.7 Å². The first-order valence-corrected chi connectivity index (χ1v) is 7.71. The van der Waals surface area contributed by atoms with Gasteiger partial charge in [-0.2, -0.15) is 0 Å². The lowest BCUT2D eigenvalue weighted by Gasteiger charge is -2.10. The predicted molar refractivity (Wildman–Crippen MR) is 90.1 cm³/mol. The van der Waals surface area contributed by atoms with Crippen LogP contribution in [0.2, 0.25) is 0 Å². The zero-order valence-electron chi connectivity index (χ0n) is 13.4. The fraction of sp³-hybridized carbons (Fsp3) is 0.353. The van der Waals surface area contributed by atoms with Crippen LogP contribution in [-0.4, -0.2) is 33.8 Å². The van der Waals surface area contributed by atoms with Gasteiger partial charge >= 0.3 is 6.03 Å². The van der Waals surface area contributed by atoms with E-state index in [2.05, 4.69) is 20.6 Å². The summed E-state index contributed by atoms with van der Waals surface area (Å²) in [6.07, 6.45) is 2.59. The highest BCUT2D eigenvalue weighted by Crippen LogP contribution is 2.17. The molecule has 0 spiro atoms. The molecule has 2 aromatic rings. The minimum absolute atomic E-state index is 0.284. The normalized spacial score (nSPS) is 11.8. The number of nitrogens with zero attached hydrogens (tertiary/aromatic N) is 2. The highest BCUT2D eigenvalue weighted by molar-refractivity contribution is 5.89. The lowest BCUT2D eigenvalue weighted by Crippen LogP contribution is -2.31. The van der Waals surface area contributed by atoms with E-state index in [0.29, 0.717) is 30.9 Å². The van der Waals surface area contributed by atoms with Gasteiger partial charge in [0.15, 0.2) is 5.82 Å². The zero-order valence-corrected chi connectivity index (χ0v) is 13.4. The average molecular weight is 314 g/mol. The minimum Gasteiger partial charge on any atom is -0.393 e. The number of rotatable bonds is 6. The molecule has 0 aliphatic carbocycles. The van der Waals surface area contributed by atoms with E-state index in [-0.39, 0.29) is 12.1 Å². The Morgan fingerprint density at radius 2 is 2.00 bits per heavy atom. The number of hydrogen-bond donors (Lipinski definition) is 3. The van der Waals surface area contributed by atoms with Crippen molar-refractivity contribution in [2.24, 2.45) is 0 Å². The number of hydrogen-bond acceptors (Lipinski definition) is 4. The molecule has 1 atom stereocenters. The number of carbonyl (C=O) groups excluding carboxylic acids is 1. The molecule has 0 fully saturated rings. The van der Waals surface area contributed by atoms with Gasteiger partial charge in [0, 0.05) is 29.7 Å². The number of aryl methyl sites for hydroxylation is 1. The van der Waals surface area contributed by atoms with Crippen LogP contribution in [0.15, 0.2) is 36.5 Å². The van der Waals surface area contributed by atoms with E-state index in [0.717, 1.165) is 11.3 Å². The van der Waals surface area contributed by atoms with Crippen LogP contribution in [0.3, 0.4) is 0 Å². The van der Waals surface area contributed by atoms with Crippen molar-refractivity contribution < 1.29 is 9.90 Å². The van der Waals surface area contributed by atoms with Gasteiger partial charge in [0.05, 0.1) is 6.10 Å². The summed E-state index contributed by atoms with van der Waals surface area (Å²) in [4.78, 5) is 20.3. The number of carbonyl (C=O) groups is 1. The highest BCUT2D eigenvalue weighted by Gasteiger charge is 2.05. The zero-order chi connectivity index (χ0) is 16.7. The van der Waals surface area contributed by atoms with Gasteiger partial charge in [-0.3, -0.25) is 0 Å². The Morgan fingerprint density at radius 1 is 1.26 bits per heavy atom. The van der Waals surface area contributed by atoms with E-state index in [1.165, 1.54) is 0 Å². The highest BCUT2D eigenvalue weighted by atomic mass is 16.3. The molecule has 1 heterocycles. The Kier molecular flexibility index (Phi) is 6.05. The number of urea groups is 1. The third-order valence-electron chi connectivity index (χ3n) is 3.43. The van der Waals surface area contributed by atoms with Crippen LogP contribution in [0, 0.1) is 6.92 Å². The first-order valence-electron chi connectivity index (χ1n) is 7.71. The van der Waals surface area contributed by atoms with Crippen molar-refractivity contribution >= 4 is 11.7 Å². The van der Waals surface area contributed by atoms with Crippen molar-refractivity contribution in [3.8, 4) is 11.4 Å². The van der Waals surface area contributed by atoms with Crippen molar-refractivity contribution in [2.75, 3.05) is 11.9 Å². The Labute approximate surface area is 136 Å². The van der Waals surface area contributed by atoms with Crippen molar-refractivity contribution in [2.45, 2.75) is 32.8 Å². The van der Waals surface area contributed by atoms with Crippen LogP contribution in [0.5, 0.6) is 0 Å². The second-order valence-corrected chi connectivity index (χ2v) is 5.33. The summed E-state index contributed by atoms with van der Waals surface area (Å²) in [6.45, 7) is 4.27. The van der Waals surface area contributed by atoms with Gasteiger partial charge in [-0.05, 0) is 50.1 Å². The summed E-state index contributed by atoms with van der Waals surface area (Å²) in [5, 5.41) is 14.9. The minimum atomic E-state index is -0.371. The molecule has 1 aromatic carbocycles. The molecule has 0 aliphatic rings. The molecule has 122 valence electrons. The van der Waals surface area contributed by atoms with Crippen LogP contribution in [0.4, 0.5) is 10.5 Å². The van der Waals surface area contributed by atoms with E-state index in [4.69, 9.17) is 0 Å². The maximum Gasteiger partial charge on any atom is 0.319 e. The molecule has 0 radical (unpaired) electrons. The molecular weight excluding hydrogens is 292 g/mol. The third kappa shape index (κ3) is 5.34. The molecule has 6 nitrogen and oxygen atoms in total. The van der Waals surface area contributed by atoms with E-state index in [9.17, 15) is 9.90 Å². The SMILES string of the molecule is CCC(O)CCNC(=O)Nc1ccc(-c2nccc(C)n2)cc1. The van der Waals surface area contributed by atoms with Crippen molar-refractivity contribution in [3.05, 3.63) is 42.2 Å². The van der Waals surface area contributed by atoms with Crippen molar-refractivity contribution in [3.63, 3.8) is 0 Å². The molecule has 0 bridgehead atoms. The molecular formula is C17H22N4O2. The van der Waals surface area contributed by atoms with Crippen molar-refractivity contribution in [1.82, 2.24) is 15.3 Å². The summed E-state index contributed by atoms with van der Waals surface area (Å²) in [6, 6.07) is 8.91. The number of aliphatic hydroxyl groups excluding tert-OH is 1. The number of anilines is 1. The number of amides is 2. The van der Waals surface area contributed by atoms with Crippen LogP contribution in [0.1, 0.15) is 25.5 Å². The van der Waals surface area contributed by atoms with E-state index in [1.807, 2.05) is 44.2 Å². The topological polar surface area (TPSA) is 87.1 Å². The Balaban J connectivity index is 1.88. The largest absolute Gasteiger partial charge is 0.393 e. The van der Waals surface area contributed by atoms with Crippen LogP contribution in [0.25, 0.3) is 11.4 Å². The smallest absolute Gasteiger partial charge is 0.319 e. The van der Waals surface area contributed by atoms with E-state index in [1.54, 1.807) is 6.20 Å². The summed E-state index contributed by atoms with van der Waals surface area (Å²) in [5.41, 5.74) is 2.49. The molecule has 2 rings (SSSR count). The molecule has 2 amide bonds. The van der Waals surface area contributed by atoms with Crippen LogP contribution < -0.4 is 10.6 Å². The maximum absolute atomic E-state index is 11.8. The molecule has 0 saturated heterocycles. The number of nitrogens with one attached hydrogen (secondary N) is 2. The van der Waals surface area contributed by atoms with Gasteiger partial charge in [-0.25, -0.2) is 14.8 Å². The molecule has 3 N–H and O–H groups in total. The third-order valence-corrected chi connectivity index (χ3v) is 3.43. The summed E-state index contributed by atoms with van der Waals surface area (Å²) >= 11 is 0. The second kappa shape index (κ2) is 8.24.